The number of hydrogen-bond donors (Lipinski definition) is 3. The Morgan fingerprint density at radius 3 is 1.53 bits per heavy atom. The molecule has 1 saturated carbocycles. The lowest BCUT2D eigenvalue weighted by Crippen LogP contribution is -2.43. The van der Waals surface area contributed by atoms with Crippen molar-refractivity contribution >= 4 is 35.3 Å². The van der Waals surface area contributed by atoms with E-state index < -0.39 is 47.0 Å². The second-order valence-electron chi connectivity index (χ2n) is 15.1. The van der Waals surface area contributed by atoms with Gasteiger partial charge < -0.3 is 20.5 Å². The number of aliphatic carboxylic acids is 1. The second-order valence-corrected chi connectivity index (χ2v) is 15.1. The van der Waals surface area contributed by atoms with Gasteiger partial charge in [0, 0.05) is 23.7 Å². The first-order valence-electron chi connectivity index (χ1n) is 14.8. The molecule has 1 atom stereocenters. The van der Waals surface area contributed by atoms with E-state index in [1.165, 1.54) is 7.11 Å². The number of ketones is 2. The predicted octanol–water partition coefficient (Wildman–Crippen LogP) is 6.04. The van der Waals surface area contributed by atoms with Crippen molar-refractivity contribution in [3.8, 4) is 0 Å². The molecule has 2 amide bonds. The zero-order valence-corrected chi connectivity index (χ0v) is 29.5. The summed E-state index contributed by atoms with van der Waals surface area (Å²) in [5, 5.41) is 13.3. The number of rotatable bonds is 6. The summed E-state index contributed by atoms with van der Waals surface area (Å²) in [6.45, 7) is 21.2. The van der Waals surface area contributed by atoms with Gasteiger partial charge in [-0.1, -0.05) is 62.3 Å². The van der Waals surface area contributed by atoms with Crippen LogP contribution in [0.4, 0.5) is 13.2 Å². The number of carbonyl (C=O) groups is 6. The molecule has 0 aromatic heterocycles. The highest BCUT2D eigenvalue weighted by Gasteiger charge is 2.30. The van der Waals surface area contributed by atoms with Crippen molar-refractivity contribution < 1.29 is 51.8 Å². The fraction of sp³-hybridized carbons (Fsp3) is 0.812. The van der Waals surface area contributed by atoms with Crippen LogP contribution in [0.2, 0.25) is 0 Å². The minimum atomic E-state index is -4.33. The fourth-order valence-corrected chi connectivity index (χ4v) is 2.66. The number of amides is 2. The number of alkyl halides is 3. The zero-order valence-electron chi connectivity index (χ0n) is 29.5. The predicted molar refractivity (Wildman–Crippen MR) is 166 cm³/mol. The SMILES string of the molecule is CC(C)(C)C(=O)NC1CCCC1=O.CC(C)(C)C(=O)NCC(=O)CCC(F)(F)F.CC(C)(C)C(=O)O.COC(=O)CC(C)(C)C. The molecule has 264 valence electrons. The van der Waals surface area contributed by atoms with Crippen molar-refractivity contribution in [2.24, 2.45) is 21.7 Å². The molecule has 1 fully saturated rings. The first-order valence-corrected chi connectivity index (χ1v) is 14.8. The van der Waals surface area contributed by atoms with E-state index >= 15 is 0 Å². The number of esters is 1. The molecule has 45 heavy (non-hydrogen) atoms. The molecule has 13 heteroatoms. The number of methoxy groups -OCH3 is 1. The third-order valence-corrected chi connectivity index (χ3v) is 5.65. The summed E-state index contributed by atoms with van der Waals surface area (Å²) >= 11 is 0. The smallest absolute Gasteiger partial charge is 0.389 e. The standard InChI is InChI=1S/C10H16F3NO2.C10H17NO2.C7H14O2.C5H10O2/c1-9(2,3)8(16)14-6-7(15)4-5-10(11,12)13;1-10(2,3)9(13)11-7-5-4-6-8(7)12;1-7(2,3)5-6(8)9-4;1-5(2,3)4(6)7/h4-6H2,1-3H3,(H,14,16);7H,4-6H2,1-3H3,(H,11,13);5H2,1-4H3;1-3H3,(H,6,7). The molecule has 0 aromatic rings. The van der Waals surface area contributed by atoms with Crippen LogP contribution in [-0.4, -0.2) is 66.3 Å². The van der Waals surface area contributed by atoms with Crippen molar-refractivity contribution in [1.82, 2.24) is 10.6 Å². The monoisotopic (exact) mass is 654 g/mol. The molecule has 0 spiro atoms. The van der Waals surface area contributed by atoms with E-state index in [0.717, 1.165) is 12.8 Å². The van der Waals surface area contributed by atoms with Crippen LogP contribution in [0.25, 0.3) is 0 Å². The number of carboxylic acids is 1. The largest absolute Gasteiger partial charge is 0.481 e. The van der Waals surface area contributed by atoms with Gasteiger partial charge in [0.05, 0.1) is 38.0 Å². The fourth-order valence-electron chi connectivity index (χ4n) is 2.66. The topological polar surface area (TPSA) is 156 Å². The van der Waals surface area contributed by atoms with Crippen LogP contribution in [-0.2, 0) is 33.5 Å². The molecule has 0 bridgehead atoms. The van der Waals surface area contributed by atoms with Crippen molar-refractivity contribution in [3.63, 3.8) is 0 Å². The maximum Gasteiger partial charge on any atom is 0.389 e. The molecule has 1 rings (SSSR count). The first kappa shape index (κ1) is 46.4. The van der Waals surface area contributed by atoms with Gasteiger partial charge in [0.2, 0.25) is 11.8 Å². The number of ether oxygens (including phenoxy) is 1. The molecule has 0 saturated heterocycles. The third kappa shape index (κ3) is 28.2. The van der Waals surface area contributed by atoms with Crippen LogP contribution in [0.3, 0.4) is 0 Å². The van der Waals surface area contributed by atoms with Crippen molar-refractivity contribution in [3.05, 3.63) is 0 Å². The van der Waals surface area contributed by atoms with Crippen LogP contribution in [0.5, 0.6) is 0 Å². The lowest BCUT2D eigenvalue weighted by Gasteiger charge is -2.20. The summed E-state index contributed by atoms with van der Waals surface area (Å²) in [5.74, 6) is -1.72. The maximum absolute atomic E-state index is 11.8. The molecule has 1 aliphatic carbocycles. The van der Waals surface area contributed by atoms with Gasteiger partial charge in [-0.05, 0) is 39.0 Å². The Balaban J connectivity index is -0.000000548. The summed E-state index contributed by atoms with van der Waals surface area (Å²) in [4.78, 5) is 65.6. The van der Waals surface area contributed by atoms with E-state index in [9.17, 15) is 41.9 Å². The molecule has 0 radical (unpaired) electrons. The molecule has 0 aromatic carbocycles. The number of Topliss-reactive ketones (excluding diaryl/α,β-unsaturated/α-hetero) is 2. The highest BCUT2D eigenvalue weighted by Crippen LogP contribution is 2.22. The van der Waals surface area contributed by atoms with Crippen molar-refractivity contribution in [1.29, 1.82) is 0 Å². The Kier molecular flexibility index (Phi) is 20.1. The second kappa shape index (κ2) is 19.5. The average molecular weight is 655 g/mol. The Hall–Kier alpha value is -2.99. The summed E-state index contributed by atoms with van der Waals surface area (Å²) in [6, 6.07) is -0.216. The third-order valence-electron chi connectivity index (χ3n) is 5.65. The quantitative estimate of drug-likeness (QED) is 0.293. The minimum Gasteiger partial charge on any atom is -0.481 e. The van der Waals surface area contributed by atoms with E-state index in [0.29, 0.717) is 12.8 Å². The number of halogens is 3. The van der Waals surface area contributed by atoms with Crippen molar-refractivity contribution in [2.75, 3.05) is 13.7 Å². The molecule has 0 aliphatic heterocycles. The summed E-state index contributed by atoms with van der Waals surface area (Å²) in [6.07, 6.45) is -3.23. The van der Waals surface area contributed by atoms with E-state index in [1.54, 1.807) is 41.5 Å². The average Bonchev–Trinajstić information content (AvgIpc) is 3.23. The van der Waals surface area contributed by atoms with Gasteiger partial charge in [-0.3, -0.25) is 28.8 Å². The van der Waals surface area contributed by atoms with Gasteiger partial charge in [-0.25, -0.2) is 0 Å². The number of carboxylic acid groups (broad SMARTS) is 1. The molecule has 3 N–H and O–H groups in total. The van der Waals surface area contributed by atoms with Crippen LogP contribution < -0.4 is 10.6 Å². The van der Waals surface area contributed by atoms with Crippen LogP contribution in [0, 0.1) is 21.7 Å². The lowest BCUT2D eigenvalue weighted by molar-refractivity contribution is -0.146. The van der Waals surface area contributed by atoms with Gasteiger partial charge in [-0.2, -0.15) is 13.2 Å². The number of carbonyl (C=O) groups excluding carboxylic acids is 5. The van der Waals surface area contributed by atoms with Gasteiger partial charge in [0.1, 0.15) is 0 Å². The van der Waals surface area contributed by atoms with E-state index in [-0.39, 0.29) is 41.6 Å². The molecule has 1 aliphatic rings. The number of nitrogens with one attached hydrogen (secondary N) is 2. The number of hydrogen-bond acceptors (Lipinski definition) is 7. The minimum absolute atomic E-state index is 0.0345. The summed E-state index contributed by atoms with van der Waals surface area (Å²) in [7, 11) is 1.41. The Morgan fingerprint density at radius 1 is 0.822 bits per heavy atom. The molecular weight excluding hydrogens is 597 g/mol. The first-order chi connectivity index (χ1) is 19.8. The molecule has 0 heterocycles. The Morgan fingerprint density at radius 2 is 1.27 bits per heavy atom. The Bertz CT molecular complexity index is 981. The van der Waals surface area contributed by atoms with Gasteiger partial charge in [0.15, 0.2) is 11.6 Å². The lowest BCUT2D eigenvalue weighted by atomic mass is 9.93. The molecular formula is C32H57F3N2O8. The summed E-state index contributed by atoms with van der Waals surface area (Å²) < 4.78 is 39.8. The van der Waals surface area contributed by atoms with E-state index in [1.807, 2.05) is 41.5 Å². The van der Waals surface area contributed by atoms with Crippen molar-refractivity contribution in [2.45, 2.75) is 134 Å². The van der Waals surface area contributed by atoms with Crippen LogP contribution in [0.15, 0.2) is 0 Å². The highest BCUT2D eigenvalue weighted by atomic mass is 19.4. The highest BCUT2D eigenvalue weighted by molar-refractivity contribution is 5.92. The van der Waals surface area contributed by atoms with Gasteiger partial charge >= 0.3 is 18.1 Å². The van der Waals surface area contributed by atoms with Crippen LogP contribution >= 0.6 is 0 Å². The van der Waals surface area contributed by atoms with E-state index in [2.05, 4.69) is 15.4 Å². The maximum atomic E-state index is 11.8. The molecule has 10 nitrogen and oxygen atoms in total. The van der Waals surface area contributed by atoms with E-state index in [4.69, 9.17) is 5.11 Å². The normalized spacial score (nSPS) is 15.1. The summed E-state index contributed by atoms with van der Waals surface area (Å²) in [5.41, 5.74) is -1.58. The Labute approximate surface area is 267 Å². The van der Waals surface area contributed by atoms with Crippen LogP contribution in [0.1, 0.15) is 122 Å². The zero-order chi connectivity index (χ0) is 36.6. The van der Waals surface area contributed by atoms with Gasteiger partial charge in [0.25, 0.3) is 0 Å². The molecule has 1 unspecified atom stereocenters. The van der Waals surface area contributed by atoms with Gasteiger partial charge in [-0.15, -0.1) is 0 Å².